The summed E-state index contributed by atoms with van der Waals surface area (Å²) in [5.41, 5.74) is 6.50. The molecule has 1 aromatic rings. The van der Waals surface area contributed by atoms with E-state index in [1.165, 1.54) is 0 Å². The lowest BCUT2D eigenvalue weighted by molar-refractivity contribution is 0.0186. The second-order valence-electron chi connectivity index (χ2n) is 6.62. The maximum atomic E-state index is 12.0. The fourth-order valence-electron chi connectivity index (χ4n) is 2.22. The molecule has 9 heteroatoms. The van der Waals surface area contributed by atoms with Crippen LogP contribution in [0.25, 0.3) is 0 Å². The monoisotopic (exact) mass is 481 g/mol. The van der Waals surface area contributed by atoms with Gasteiger partial charge in [-0.25, -0.2) is 14.8 Å². The number of carbonyl (C=O) groups excluding carboxylic acids is 1. The van der Waals surface area contributed by atoms with Gasteiger partial charge in [0, 0.05) is 32.4 Å². The number of hydrogen-bond acceptors (Lipinski definition) is 4. The summed E-state index contributed by atoms with van der Waals surface area (Å²) in [6, 6.07) is 3.59. The summed E-state index contributed by atoms with van der Waals surface area (Å²) in [6.45, 7) is 8.41. The molecule has 0 unspecified atom stereocenters. The van der Waals surface area contributed by atoms with Crippen molar-refractivity contribution in [2.45, 2.75) is 32.9 Å². The van der Waals surface area contributed by atoms with Gasteiger partial charge in [-0.1, -0.05) is 17.7 Å². The first-order chi connectivity index (χ1) is 11.2. The van der Waals surface area contributed by atoms with Crippen LogP contribution in [0.5, 0.6) is 0 Å². The Morgan fingerprint density at radius 2 is 1.88 bits per heavy atom. The van der Waals surface area contributed by atoms with Crippen molar-refractivity contribution >= 4 is 47.6 Å². The zero-order valence-electron chi connectivity index (χ0n) is 14.7. The molecule has 1 fully saturated rings. The fourth-order valence-corrected chi connectivity index (χ4v) is 2.33. The Kier molecular flexibility index (Phi) is 8.20. The van der Waals surface area contributed by atoms with Crippen LogP contribution < -0.4 is 5.73 Å². The minimum Gasteiger partial charge on any atom is -0.444 e. The van der Waals surface area contributed by atoms with Crippen LogP contribution in [0.15, 0.2) is 23.3 Å². The molecule has 0 atom stereocenters. The van der Waals surface area contributed by atoms with E-state index in [4.69, 9.17) is 22.1 Å². The van der Waals surface area contributed by atoms with Crippen LogP contribution in [0, 0.1) is 0 Å². The lowest BCUT2D eigenvalue weighted by Gasteiger charge is -2.36. The van der Waals surface area contributed by atoms with Gasteiger partial charge in [-0.2, -0.15) is 0 Å². The minimum absolute atomic E-state index is 0. The third kappa shape index (κ3) is 7.23. The number of ether oxygens (including phenoxy) is 1. The Labute approximate surface area is 170 Å². The van der Waals surface area contributed by atoms with E-state index in [1.807, 2.05) is 31.7 Å². The Morgan fingerprint density at radius 1 is 1.28 bits per heavy atom. The minimum atomic E-state index is -0.485. The Bertz CT molecular complexity index is 596. The van der Waals surface area contributed by atoms with Crippen molar-refractivity contribution in [2.75, 3.05) is 26.2 Å². The quantitative estimate of drug-likeness (QED) is 0.304. The number of nitrogens with zero attached hydrogens (tertiary/aromatic N) is 4. The molecule has 1 aliphatic rings. The van der Waals surface area contributed by atoms with Gasteiger partial charge in [0.05, 0.1) is 6.54 Å². The van der Waals surface area contributed by atoms with Crippen LogP contribution in [0.1, 0.15) is 26.3 Å². The topological polar surface area (TPSA) is 84.0 Å². The molecule has 1 aromatic heterocycles. The largest absolute Gasteiger partial charge is 0.444 e. The second kappa shape index (κ2) is 9.42. The molecule has 0 bridgehead atoms. The van der Waals surface area contributed by atoms with Crippen molar-refractivity contribution in [1.82, 2.24) is 14.8 Å². The Hall–Kier alpha value is -1.29. The summed E-state index contributed by atoms with van der Waals surface area (Å²) in [7, 11) is 0. The average molecular weight is 482 g/mol. The maximum absolute atomic E-state index is 12.0. The first kappa shape index (κ1) is 21.8. The van der Waals surface area contributed by atoms with Crippen LogP contribution in [-0.2, 0) is 11.3 Å². The maximum Gasteiger partial charge on any atom is 0.410 e. The normalized spacial score (nSPS) is 15.6. The Balaban J connectivity index is 0.00000312. The molecular weight excluding hydrogens is 457 g/mol. The molecule has 2 N–H and O–H groups in total. The van der Waals surface area contributed by atoms with Gasteiger partial charge < -0.3 is 20.3 Å². The SMILES string of the molecule is CC(C)(C)OC(=O)N1CCN(C(N)=NCc2ccc(Cl)nc2)CC1.I. The molecule has 0 saturated carbocycles. The molecule has 1 aliphatic heterocycles. The summed E-state index contributed by atoms with van der Waals surface area (Å²) >= 11 is 5.75. The number of aromatic nitrogens is 1. The highest BCUT2D eigenvalue weighted by Crippen LogP contribution is 2.12. The number of carbonyl (C=O) groups is 1. The number of halogens is 2. The van der Waals surface area contributed by atoms with Crippen LogP contribution in [-0.4, -0.2) is 58.6 Å². The predicted octanol–water partition coefficient (Wildman–Crippen LogP) is 2.72. The highest BCUT2D eigenvalue weighted by Gasteiger charge is 2.26. The predicted molar refractivity (Wildman–Crippen MR) is 109 cm³/mol. The van der Waals surface area contributed by atoms with Gasteiger partial charge in [-0.15, -0.1) is 24.0 Å². The zero-order valence-corrected chi connectivity index (χ0v) is 17.8. The second-order valence-corrected chi connectivity index (χ2v) is 7.01. The van der Waals surface area contributed by atoms with Crippen LogP contribution in [0.2, 0.25) is 5.15 Å². The summed E-state index contributed by atoms with van der Waals surface area (Å²) in [5.74, 6) is 0.466. The number of aliphatic imine (C=N–C) groups is 1. The standard InChI is InChI=1S/C16H24ClN5O2.HI/c1-16(2,3)24-15(23)22-8-6-21(7-9-22)14(18)20-11-12-4-5-13(17)19-10-12;/h4-5,10H,6-9,11H2,1-3H3,(H2,18,20);1H. The number of piperazine rings is 1. The van der Waals surface area contributed by atoms with Crippen LogP contribution in [0.4, 0.5) is 4.79 Å². The summed E-state index contributed by atoms with van der Waals surface area (Å²) < 4.78 is 5.38. The van der Waals surface area contributed by atoms with E-state index >= 15 is 0 Å². The summed E-state index contributed by atoms with van der Waals surface area (Å²) in [5, 5.41) is 0.453. The van der Waals surface area contributed by atoms with E-state index in [2.05, 4.69) is 9.98 Å². The highest BCUT2D eigenvalue weighted by molar-refractivity contribution is 14.0. The van der Waals surface area contributed by atoms with Gasteiger partial charge in [0.15, 0.2) is 5.96 Å². The number of amides is 1. The van der Waals surface area contributed by atoms with Gasteiger partial charge in [-0.3, -0.25) is 0 Å². The van der Waals surface area contributed by atoms with Gasteiger partial charge in [-0.05, 0) is 32.4 Å². The van der Waals surface area contributed by atoms with E-state index in [-0.39, 0.29) is 30.1 Å². The van der Waals surface area contributed by atoms with Gasteiger partial charge in [0.2, 0.25) is 0 Å². The van der Waals surface area contributed by atoms with Crippen molar-refractivity contribution in [1.29, 1.82) is 0 Å². The molecular formula is C16H25ClIN5O2. The first-order valence-corrected chi connectivity index (χ1v) is 8.25. The highest BCUT2D eigenvalue weighted by atomic mass is 127. The Morgan fingerprint density at radius 3 is 2.40 bits per heavy atom. The van der Waals surface area contributed by atoms with Gasteiger partial charge in [0.1, 0.15) is 10.8 Å². The number of hydrogen-bond donors (Lipinski definition) is 1. The summed E-state index contributed by atoms with van der Waals surface area (Å²) in [4.78, 5) is 24.1. The zero-order chi connectivity index (χ0) is 17.7. The van der Waals surface area contributed by atoms with E-state index in [9.17, 15) is 4.79 Å². The van der Waals surface area contributed by atoms with E-state index in [0.717, 1.165) is 5.56 Å². The smallest absolute Gasteiger partial charge is 0.410 e. The number of rotatable bonds is 2. The molecule has 1 amide bonds. The summed E-state index contributed by atoms with van der Waals surface area (Å²) in [6.07, 6.45) is 1.39. The number of pyridine rings is 1. The molecule has 0 aromatic carbocycles. The van der Waals surface area contributed by atoms with Gasteiger partial charge in [0.25, 0.3) is 0 Å². The molecule has 2 rings (SSSR count). The molecule has 1 saturated heterocycles. The van der Waals surface area contributed by atoms with Crippen LogP contribution in [0.3, 0.4) is 0 Å². The molecule has 140 valence electrons. The average Bonchev–Trinajstić information content (AvgIpc) is 2.52. The van der Waals surface area contributed by atoms with Crippen molar-refractivity contribution in [3.05, 3.63) is 29.0 Å². The van der Waals surface area contributed by atoms with Crippen molar-refractivity contribution in [3.8, 4) is 0 Å². The molecule has 25 heavy (non-hydrogen) atoms. The van der Waals surface area contributed by atoms with Gasteiger partial charge >= 0.3 is 6.09 Å². The van der Waals surface area contributed by atoms with E-state index in [0.29, 0.717) is 43.8 Å². The third-order valence-electron chi connectivity index (χ3n) is 3.47. The lowest BCUT2D eigenvalue weighted by atomic mass is 10.2. The first-order valence-electron chi connectivity index (χ1n) is 7.88. The van der Waals surface area contributed by atoms with Crippen molar-refractivity contribution in [2.24, 2.45) is 10.7 Å². The third-order valence-corrected chi connectivity index (χ3v) is 3.69. The molecule has 0 spiro atoms. The molecule has 0 aliphatic carbocycles. The molecule has 7 nitrogen and oxygen atoms in total. The van der Waals surface area contributed by atoms with Crippen molar-refractivity contribution in [3.63, 3.8) is 0 Å². The molecule has 0 radical (unpaired) electrons. The van der Waals surface area contributed by atoms with E-state index in [1.54, 1.807) is 17.2 Å². The fraction of sp³-hybridized carbons (Fsp3) is 0.562. The molecule has 2 heterocycles. The van der Waals surface area contributed by atoms with E-state index < -0.39 is 5.60 Å². The number of nitrogens with two attached hydrogens (primary N) is 1. The van der Waals surface area contributed by atoms with Crippen molar-refractivity contribution < 1.29 is 9.53 Å². The lowest BCUT2D eigenvalue weighted by Crippen LogP contribution is -2.53. The number of guanidine groups is 1. The van der Waals surface area contributed by atoms with Crippen LogP contribution >= 0.6 is 35.6 Å².